The number of carbonyl (C=O) groups excluding carboxylic acids is 1. The molecule has 1 amide bonds. The maximum Gasteiger partial charge on any atom is 0.225 e. The molecule has 0 atom stereocenters. The molecule has 0 aromatic heterocycles. The van der Waals surface area contributed by atoms with Gasteiger partial charge in [-0.2, -0.15) is 0 Å². The molecule has 1 aliphatic rings. The van der Waals surface area contributed by atoms with Gasteiger partial charge in [0.2, 0.25) is 5.91 Å². The Labute approximate surface area is 165 Å². The Bertz CT molecular complexity index is 374. The number of carbonyl (C=O) groups is 1. The zero-order valence-electron chi connectivity index (χ0n) is 15.9. The maximum atomic E-state index is 11.8. The van der Waals surface area contributed by atoms with E-state index < -0.39 is 0 Å². The monoisotopic (exact) mass is 452 g/mol. The number of nitrogens with one attached hydrogen (secondary N) is 3. The van der Waals surface area contributed by atoms with Crippen molar-refractivity contribution in [2.24, 2.45) is 16.3 Å². The molecule has 0 saturated heterocycles. The number of nitrogens with zero attached hydrogens (tertiary/aromatic N) is 1. The van der Waals surface area contributed by atoms with E-state index in [1.165, 1.54) is 44.9 Å². The van der Waals surface area contributed by atoms with Crippen LogP contribution in [0.4, 0.5) is 0 Å². The lowest BCUT2D eigenvalue weighted by Gasteiger charge is -2.21. The van der Waals surface area contributed by atoms with Crippen LogP contribution in [-0.4, -0.2) is 38.5 Å². The average molecular weight is 452 g/mol. The fourth-order valence-electron chi connectivity index (χ4n) is 2.92. The summed E-state index contributed by atoms with van der Waals surface area (Å²) in [4.78, 5) is 16.0. The largest absolute Gasteiger partial charge is 0.356 e. The predicted octanol–water partition coefficient (Wildman–Crippen LogP) is 3.29. The second-order valence-electron chi connectivity index (χ2n) is 7.58. The Morgan fingerprint density at radius 2 is 1.58 bits per heavy atom. The molecule has 1 aliphatic carbocycles. The van der Waals surface area contributed by atoms with Crippen molar-refractivity contribution in [1.29, 1.82) is 0 Å². The van der Waals surface area contributed by atoms with Gasteiger partial charge in [-0.25, -0.2) is 0 Å². The van der Waals surface area contributed by atoms with E-state index in [0.717, 1.165) is 18.4 Å². The van der Waals surface area contributed by atoms with Gasteiger partial charge in [-0.3, -0.25) is 9.79 Å². The molecule has 3 N–H and O–H groups in total. The summed E-state index contributed by atoms with van der Waals surface area (Å²) in [6, 6.07) is 0. The van der Waals surface area contributed by atoms with Gasteiger partial charge < -0.3 is 16.0 Å². The minimum absolute atomic E-state index is 0. The fourth-order valence-corrected chi connectivity index (χ4v) is 2.92. The molecule has 0 unspecified atom stereocenters. The zero-order valence-corrected chi connectivity index (χ0v) is 18.2. The normalized spacial score (nSPS) is 16.2. The topological polar surface area (TPSA) is 65.5 Å². The third-order valence-electron chi connectivity index (χ3n) is 4.41. The standard InChI is InChI=1S/C18H36N4O.HI/c1-18(2,3)16(23)20-13-14-22-17(19-4)21-12-8-11-15-9-6-5-7-10-15;/h15H,5-14H2,1-4H3,(H,20,23)(H2,19,21,22);1H. The number of hydrogen-bond donors (Lipinski definition) is 3. The molecule has 0 aromatic carbocycles. The summed E-state index contributed by atoms with van der Waals surface area (Å²) in [6.45, 7) is 8.02. The third kappa shape index (κ3) is 10.4. The molecule has 1 fully saturated rings. The van der Waals surface area contributed by atoms with Crippen molar-refractivity contribution in [2.75, 3.05) is 26.7 Å². The number of halogens is 1. The van der Waals surface area contributed by atoms with Crippen LogP contribution in [0.25, 0.3) is 0 Å². The molecule has 6 heteroatoms. The van der Waals surface area contributed by atoms with Crippen molar-refractivity contribution >= 4 is 35.8 Å². The highest BCUT2D eigenvalue weighted by molar-refractivity contribution is 14.0. The lowest BCUT2D eigenvalue weighted by molar-refractivity contribution is -0.128. The van der Waals surface area contributed by atoms with Crippen LogP contribution in [0.15, 0.2) is 4.99 Å². The minimum atomic E-state index is -0.334. The van der Waals surface area contributed by atoms with E-state index in [1.807, 2.05) is 20.8 Å². The van der Waals surface area contributed by atoms with Gasteiger partial charge in [-0.1, -0.05) is 52.9 Å². The molecular formula is C18H37IN4O. The molecule has 0 aromatic rings. The highest BCUT2D eigenvalue weighted by Crippen LogP contribution is 2.26. The van der Waals surface area contributed by atoms with Crippen LogP contribution in [-0.2, 0) is 4.79 Å². The van der Waals surface area contributed by atoms with Crippen LogP contribution >= 0.6 is 24.0 Å². The Morgan fingerprint density at radius 1 is 1.00 bits per heavy atom. The van der Waals surface area contributed by atoms with Crippen LogP contribution in [0, 0.1) is 11.3 Å². The number of aliphatic imine (C=N–C) groups is 1. The quantitative estimate of drug-likeness (QED) is 0.240. The van der Waals surface area contributed by atoms with Crippen molar-refractivity contribution in [2.45, 2.75) is 65.7 Å². The van der Waals surface area contributed by atoms with E-state index in [4.69, 9.17) is 0 Å². The van der Waals surface area contributed by atoms with Crippen LogP contribution in [0.2, 0.25) is 0 Å². The van der Waals surface area contributed by atoms with Crippen LogP contribution in [0.1, 0.15) is 65.7 Å². The van der Waals surface area contributed by atoms with E-state index in [-0.39, 0.29) is 35.3 Å². The van der Waals surface area contributed by atoms with Crippen LogP contribution in [0.5, 0.6) is 0 Å². The third-order valence-corrected chi connectivity index (χ3v) is 4.41. The summed E-state index contributed by atoms with van der Waals surface area (Å²) in [6.07, 6.45) is 9.62. The number of guanidine groups is 1. The molecule has 1 rings (SSSR count). The minimum Gasteiger partial charge on any atom is -0.356 e. The van der Waals surface area contributed by atoms with Crippen LogP contribution in [0.3, 0.4) is 0 Å². The van der Waals surface area contributed by atoms with Crippen molar-refractivity contribution in [3.63, 3.8) is 0 Å². The van der Waals surface area contributed by atoms with E-state index in [1.54, 1.807) is 7.05 Å². The lowest BCUT2D eigenvalue weighted by atomic mass is 9.86. The first kappa shape index (κ1) is 23.5. The number of rotatable bonds is 7. The molecular weight excluding hydrogens is 415 g/mol. The Balaban J connectivity index is 0.00000529. The van der Waals surface area contributed by atoms with Gasteiger partial charge >= 0.3 is 0 Å². The summed E-state index contributed by atoms with van der Waals surface area (Å²) < 4.78 is 0. The van der Waals surface area contributed by atoms with Gasteiger partial charge in [-0.05, 0) is 18.8 Å². The zero-order chi connectivity index (χ0) is 17.1. The lowest BCUT2D eigenvalue weighted by Crippen LogP contribution is -2.43. The Kier molecular flexibility index (Phi) is 12.5. The van der Waals surface area contributed by atoms with Crippen molar-refractivity contribution in [3.8, 4) is 0 Å². The maximum absolute atomic E-state index is 11.8. The first-order chi connectivity index (χ1) is 10.9. The van der Waals surface area contributed by atoms with Crippen molar-refractivity contribution < 1.29 is 4.79 Å². The highest BCUT2D eigenvalue weighted by atomic mass is 127. The summed E-state index contributed by atoms with van der Waals surface area (Å²) in [5, 5.41) is 9.52. The number of hydrogen-bond acceptors (Lipinski definition) is 2. The molecule has 142 valence electrons. The van der Waals surface area contributed by atoms with Gasteiger partial charge in [0, 0.05) is 32.1 Å². The van der Waals surface area contributed by atoms with E-state index in [9.17, 15) is 4.79 Å². The molecule has 0 bridgehead atoms. The summed E-state index contributed by atoms with van der Waals surface area (Å²) >= 11 is 0. The van der Waals surface area contributed by atoms with E-state index >= 15 is 0 Å². The molecule has 0 radical (unpaired) electrons. The molecule has 1 saturated carbocycles. The van der Waals surface area contributed by atoms with E-state index in [0.29, 0.717) is 13.1 Å². The SMILES string of the molecule is CN=C(NCCCC1CCCCC1)NCCNC(=O)C(C)(C)C.I. The summed E-state index contributed by atoms with van der Waals surface area (Å²) in [7, 11) is 1.78. The first-order valence-corrected chi connectivity index (χ1v) is 9.16. The smallest absolute Gasteiger partial charge is 0.225 e. The average Bonchev–Trinajstić information content (AvgIpc) is 2.53. The Hall–Kier alpha value is -0.530. The van der Waals surface area contributed by atoms with E-state index in [2.05, 4.69) is 20.9 Å². The summed E-state index contributed by atoms with van der Waals surface area (Å²) in [5.74, 6) is 1.83. The molecule has 24 heavy (non-hydrogen) atoms. The molecule has 5 nitrogen and oxygen atoms in total. The molecule has 0 spiro atoms. The van der Waals surface area contributed by atoms with Crippen molar-refractivity contribution in [1.82, 2.24) is 16.0 Å². The molecule has 0 heterocycles. The van der Waals surface area contributed by atoms with Gasteiger partial charge in [0.05, 0.1) is 0 Å². The number of amides is 1. The fraction of sp³-hybridized carbons (Fsp3) is 0.889. The second-order valence-corrected chi connectivity index (χ2v) is 7.58. The van der Waals surface area contributed by atoms with Crippen LogP contribution < -0.4 is 16.0 Å². The van der Waals surface area contributed by atoms with Gasteiger partial charge in [0.1, 0.15) is 0 Å². The first-order valence-electron chi connectivity index (χ1n) is 9.16. The van der Waals surface area contributed by atoms with Gasteiger partial charge in [0.15, 0.2) is 5.96 Å². The van der Waals surface area contributed by atoms with Crippen molar-refractivity contribution in [3.05, 3.63) is 0 Å². The second kappa shape index (κ2) is 12.8. The predicted molar refractivity (Wildman–Crippen MR) is 113 cm³/mol. The Morgan fingerprint density at radius 3 is 2.17 bits per heavy atom. The molecule has 0 aliphatic heterocycles. The summed E-state index contributed by atoms with van der Waals surface area (Å²) in [5.41, 5.74) is -0.334. The van der Waals surface area contributed by atoms with Gasteiger partial charge in [-0.15, -0.1) is 24.0 Å². The highest BCUT2D eigenvalue weighted by Gasteiger charge is 2.20. The van der Waals surface area contributed by atoms with Gasteiger partial charge in [0.25, 0.3) is 0 Å².